The summed E-state index contributed by atoms with van der Waals surface area (Å²) >= 11 is 13.0. The zero-order chi connectivity index (χ0) is 22.8. The predicted molar refractivity (Wildman–Crippen MR) is 116 cm³/mol. The van der Waals surface area contributed by atoms with Gasteiger partial charge in [-0.1, -0.05) is 23.2 Å². The van der Waals surface area contributed by atoms with Crippen LogP contribution in [0.1, 0.15) is 24.0 Å². The van der Waals surface area contributed by atoms with Gasteiger partial charge in [-0.05, 0) is 42.7 Å². The first-order chi connectivity index (χ1) is 15.1. The number of aromatic nitrogens is 2. The third-order valence-electron chi connectivity index (χ3n) is 5.55. The van der Waals surface area contributed by atoms with Gasteiger partial charge < -0.3 is 4.90 Å². The Morgan fingerprint density at radius 3 is 2.59 bits per heavy atom. The maximum atomic E-state index is 14.8. The lowest BCUT2D eigenvalue weighted by Gasteiger charge is -2.19. The smallest absolute Gasteiger partial charge is 0.266 e. The minimum absolute atomic E-state index is 0.0284. The van der Waals surface area contributed by atoms with Gasteiger partial charge in [0.2, 0.25) is 11.0 Å². The molecular weight excluding hydrogens is 505 g/mol. The molecule has 1 N–H and O–H groups in total. The van der Waals surface area contributed by atoms with Crippen molar-refractivity contribution in [3.05, 3.63) is 63.4 Å². The summed E-state index contributed by atoms with van der Waals surface area (Å²) < 4.78 is 60.4. The molecule has 5 rings (SSSR count). The Morgan fingerprint density at radius 1 is 1.19 bits per heavy atom. The maximum Gasteiger partial charge on any atom is 0.266 e. The number of carbonyl (C=O) groups is 1. The number of nitrogens with one attached hydrogen (secondary N) is 1. The van der Waals surface area contributed by atoms with Gasteiger partial charge in [-0.15, -0.1) is 0 Å². The molecular formula is C19H12Cl2F2N4O3S2. The van der Waals surface area contributed by atoms with E-state index in [0.29, 0.717) is 18.5 Å². The molecule has 166 valence electrons. The van der Waals surface area contributed by atoms with Crippen LogP contribution in [0.25, 0.3) is 0 Å². The van der Waals surface area contributed by atoms with Gasteiger partial charge >= 0.3 is 0 Å². The summed E-state index contributed by atoms with van der Waals surface area (Å²) in [6, 6.07) is 4.82. The van der Waals surface area contributed by atoms with Crippen molar-refractivity contribution >= 4 is 61.5 Å². The minimum Gasteiger partial charge on any atom is -0.307 e. The molecule has 2 heterocycles. The van der Waals surface area contributed by atoms with Crippen molar-refractivity contribution in [3.63, 3.8) is 0 Å². The van der Waals surface area contributed by atoms with Gasteiger partial charge in [0.15, 0.2) is 0 Å². The summed E-state index contributed by atoms with van der Waals surface area (Å²) in [6.45, 7) is -0.158. The van der Waals surface area contributed by atoms with Crippen LogP contribution in [0.4, 0.5) is 19.6 Å². The molecule has 1 saturated carbocycles. The largest absolute Gasteiger partial charge is 0.307 e. The molecule has 1 fully saturated rings. The fourth-order valence-electron chi connectivity index (χ4n) is 3.90. The van der Waals surface area contributed by atoms with E-state index in [1.807, 2.05) is 0 Å². The van der Waals surface area contributed by atoms with Crippen molar-refractivity contribution in [2.75, 3.05) is 9.62 Å². The lowest BCUT2D eigenvalue weighted by Crippen LogP contribution is -2.31. The highest BCUT2D eigenvalue weighted by Crippen LogP contribution is 2.59. The molecule has 13 heteroatoms. The standard InChI is InChI=1S/C19H12Cl2F2N4O3S2/c20-10-1-2-13-15(16(10)23)19(3-4-19)17(28)27(13)7-9-5-12(22)14(6-11(9)21)32(29,30)26-18-24-8-25-31-18/h1-2,5-6,8H,3-4,7H2,(H,24,25,26). The topological polar surface area (TPSA) is 92.3 Å². The van der Waals surface area contributed by atoms with E-state index >= 15 is 0 Å². The number of halogens is 4. The van der Waals surface area contributed by atoms with Crippen molar-refractivity contribution in [1.82, 2.24) is 9.36 Å². The predicted octanol–water partition coefficient (Wildman–Crippen LogP) is 4.50. The first-order valence-corrected chi connectivity index (χ1v) is 12.2. The molecule has 1 amide bonds. The second-order valence-electron chi connectivity index (χ2n) is 7.45. The molecule has 2 aromatic carbocycles. The second-order valence-corrected chi connectivity index (χ2v) is 10.7. The number of fused-ring (bicyclic) bond motifs is 2. The molecule has 0 radical (unpaired) electrons. The third-order valence-corrected chi connectivity index (χ3v) is 8.26. The number of rotatable bonds is 5. The SMILES string of the molecule is O=C1N(Cc2cc(F)c(S(=O)(=O)Nc3ncns3)cc2Cl)c2ccc(Cl)c(F)c2C12CC2. The van der Waals surface area contributed by atoms with Crippen LogP contribution in [-0.4, -0.2) is 23.7 Å². The van der Waals surface area contributed by atoms with E-state index in [2.05, 4.69) is 14.1 Å². The first-order valence-electron chi connectivity index (χ1n) is 9.22. The van der Waals surface area contributed by atoms with Crippen molar-refractivity contribution in [3.8, 4) is 0 Å². The van der Waals surface area contributed by atoms with Crippen molar-refractivity contribution in [1.29, 1.82) is 0 Å². The van der Waals surface area contributed by atoms with Gasteiger partial charge in [0.25, 0.3) is 10.0 Å². The van der Waals surface area contributed by atoms with E-state index in [-0.39, 0.29) is 38.8 Å². The number of amides is 1. The average Bonchev–Trinajstić information content (AvgIpc) is 3.31. The number of benzene rings is 2. The number of sulfonamides is 1. The molecule has 1 aliphatic carbocycles. The van der Waals surface area contributed by atoms with E-state index in [0.717, 1.165) is 30.0 Å². The Labute approximate surface area is 195 Å². The van der Waals surface area contributed by atoms with Crippen LogP contribution in [0.5, 0.6) is 0 Å². The maximum absolute atomic E-state index is 14.8. The summed E-state index contributed by atoms with van der Waals surface area (Å²) in [5, 5.41) is -0.171. The van der Waals surface area contributed by atoms with Gasteiger partial charge in [0.05, 0.1) is 22.7 Å². The average molecular weight is 517 g/mol. The quantitative estimate of drug-likeness (QED) is 0.538. The fraction of sp³-hybridized carbons (Fsp3) is 0.211. The Kier molecular flexibility index (Phi) is 4.93. The highest BCUT2D eigenvalue weighted by Gasteiger charge is 2.60. The lowest BCUT2D eigenvalue weighted by molar-refractivity contribution is -0.120. The summed E-state index contributed by atoms with van der Waals surface area (Å²) in [6.07, 6.45) is 2.13. The van der Waals surface area contributed by atoms with Crippen molar-refractivity contribution < 1.29 is 22.0 Å². The summed E-state index contributed by atoms with van der Waals surface area (Å²) in [5.74, 6) is -2.02. The molecule has 0 unspecified atom stereocenters. The Bertz CT molecular complexity index is 1380. The summed E-state index contributed by atoms with van der Waals surface area (Å²) in [4.78, 5) is 17.4. The molecule has 0 atom stereocenters. The van der Waals surface area contributed by atoms with E-state index in [1.165, 1.54) is 11.0 Å². The van der Waals surface area contributed by atoms with Gasteiger partial charge in [-0.3, -0.25) is 9.52 Å². The lowest BCUT2D eigenvalue weighted by atomic mass is 9.97. The van der Waals surface area contributed by atoms with Gasteiger partial charge in [0.1, 0.15) is 22.9 Å². The molecule has 3 aromatic rings. The Hall–Kier alpha value is -2.34. The number of hydrogen-bond donors (Lipinski definition) is 1. The summed E-state index contributed by atoms with van der Waals surface area (Å²) in [7, 11) is -4.31. The van der Waals surface area contributed by atoms with Crippen LogP contribution < -0.4 is 9.62 Å². The second kappa shape index (κ2) is 7.34. The molecule has 7 nitrogen and oxygen atoms in total. The zero-order valence-electron chi connectivity index (χ0n) is 15.9. The summed E-state index contributed by atoms with van der Waals surface area (Å²) in [5.41, 5.74) is -0.191. The van der Waals surface area contributed by atoms with Crippen molar-refractivity contribution in [2.24, 2.45) is 0 Å². The highest BCUT2D eigenvalue weighted by atomic mass is 35.5. The van der Waals surface area contributed by atoms with Gasteiger partial charge in [0, 0.05) is 22.1 Å². The molecule has 1 aromatic heterocycles. The van der Waals surface area contributed by atoms with Crippen LogP contribution in [0.2, 0.25) is 10.0 Å². The van der Waals surface area contributed by atoms with Crippen LogP contribution >= 0.6 is 34.7 Å². The van der Waals surface area contributed by atoms with Crippen molar-refractivity contribution in [2.45, 2.75) is 29.7 Å². The third kappa shape index (κ3) is 3.26. The molecule has 0 bridgehead atoms. The number of hydrogen-bond acceptors (Lipinski definition) is 6. The number of carbonyl (C=O) groups excluding carboxylic acids is 1. The van der Waals surface area contributed by atoms with E-state index in [9.17, 15) is 22.0 Å². The molecule has 32 heavy (non-hydrogen) atoms. The molecule has 1 aliphatic heterocycles. The van der Waals surface area contributed by atoms with Crippen LogP contribution in [-0.2, 0) is 26.8 Å². The van der Waals surface area contributed by atoms with Crippen LogP contribution in [0.15, 0.2) is 35.5 Å². The normalized spacial score (nSPS) is 16.5. The Morgan fingerprint density at radius 2 is 1.94 bits per heavy atom. The van der Waals surface area contributed by atoms with Crippen LogP contribution in [0, 0.1) is 11.6 Å². The highest BCUT2D eigenvalue weighted by molar-refractivity contribution is 7.93. The molecule has 2 aliphatic rings. The first kappa shape index (κ1) is 21.5. The fourth-order valence-corrected chi connectivity index (χ4v) is 6.09. The van der Waals surface area contributed by atoms with Gasteiger partial charge in [-0.25, -0.2) is 22.2 Å². The van der Waals surface area contributed by atoms with Gasteiger partial charge in [-0.2, -0.15) is 4.37 Å². The number of nitrogens with zero attached hydrogens (tertiary/aromatic N) is 3. The number of anilines is 2. The molecule has 1 spiro atoms. The van der Waals surface area contributed by atoms with E-state index < -0.39 is 32.0 Å². The Balaban J connectivity index is 1.50. The molecule has 0 saturated heterocycles. The van der Waals surface area contributed by atoms with Crippen LogP contribution in [0.3, 0.4) is 0 Å². The minimum atomic E-state index is -4.31. The monoisotopic (exact) mass is 516 g/mol. The zero-order valence-corrected chi connectivity index (χ0v) is 19.0. The van der Waals surface area contributed by atoms with E-state index in [1.54, 1.807) is 6.07 Å². The van der Waals surface area contributed by atoms with E-state index in [4.69, 9.17) is 23.2 Å².